The smallest absolute Gasteiger partial charge is 0.312 e. The fourth-order valence-electron chi connectivity index (χ4n) is 2.34. The Morgan fingerprint density at radius 2 is 2.06 bits per heavy atom. The summed E-state index contributed by atoms with van der Waals surface area (Å²) >= 11 is 5.96. The second-order valence-electron chi connectivity index (χ2n) is 4.66. The topological polar surface area (TPSA) is 52.4 Å². The summed E-state index contributed by atoms with van der Waals surface area (Å²) in [5.41, 5.74) is -0.0571. The van der Waals surface area contributed by atoms with Gasteiger partial charge in [0.2, 0.25) is 5.75 Å². The summed E-state index contributed by atoms with van der Waals surface area (Å²) in [7, 11) is 0. The van der Waals surface area contributed by atoms with Gasteiger partial charge in [-0.15, -0.1) is 0 Å². The Morgan fingerprint density at radius 1 is 1.33 bits per heavy atom. The molecular weight excluding hydrogens is 254 g/mol. The first kappa shape index (κ1) is 13.1. The molecule has 0 bridgehead atoms. The first-order chi connectivity index (χ1) is 8.68. The highest BCUT2D eigenvalue weighted by molar-refractivity contribution is 6.32. The van der Waals surface area contributed by atoms with Gasteiger partial charge in [-0.25, -0.2) is 0 Å². The van der Waals surface area contributed by atoms with E-state index in [0.29, 0.717) is 17.5 Å². The zero-order valence-corrected chi connectivity index (χ0v) is 10.9. The van der Waals surface area contributed by atoms with E-state index in [4.69, 9.17) is 16.3 Å². The summed E-state index contributed by atoms with van der Waals surface area (Å²) < 4.78 is 5.60. The first-order valence-electron chi connectivity index (χ1n) is 6.24. The van der Waals surface area contributed by atoms with Crippen molar-refractivity contribution in [2.45, 2.75) is 32.1 Å². The highest BCUT2D eigenvalue weighted by atomic mass is 35.5. The van der Waals surface area contributed by atoms with E-state index < -0.39 is 4.92 Å². The molecule has 1 aromatic carbocycles. The molecule has 5 heteroatoms. The van der Waals surface area contributed by atoms with Crippen LogP contribution in [0.25, 0.3) is 0 Å². The molecule has 0 atom stereocenters. The van der Waals surface area contributed by atoms with Crippen LogP contribution in [0, 0.1) is 16.0 Å². The van der Waals surface area contributed by atoms with Gasteiger partial charge in [0.1, 0.15) is 0 Å². The lowest BCUT2D eigenvalue weighted by atomic mass is 9.90. The lowest BCUT2D eigenvalue weighted by Crippen LogP contribution is -2.15. The second kappa shape index (κ2) is 6.05. The fraction of sp³-hybridized carbons (Fsp3) is 0.538. The molecule has 98 valence electrons. The third-order valence-electron chi connectivity index (χ3n) is 3.33. The van der Waals surface area contributed by atoms with E-state index in [1.165, 1.54) is 25.3 Å². The van der Waals surface area contributed by atoms with Crippen molar-refractivity contribution >= 4 is 17.3 Å². The molecular formula is C13H16ClNO3. The minimum atomic E-state index is -0.456. The van der Waals surface area contributed by atoms with E-state index in [-0.39, 0.29) is 11.4 Å². The van der Waals surface area contributed by atoms with Crippen LogP contribution in [-0.2, 0) is 0 Å². The van der Waals surface area contributed by atoms with E-state index >= 15 is 0 Å². The monoisotopic (exact) mass is 269 g/mol. The summed E-state index contributed by atoms with van der Waals surface area (Å²) in [5.74, 6) is 0.698. The molecule has 4 nitrogen and oxygen atoms in total. The molecule has 0 unspecified atom stereocenters. The second-order valence-corrected chi connectivity index (χ2v) is 5.07. The van der Waals surface area contributed by atoms with E-state index in [2.05, 4.69) is 0 Å². The molecule has 1 aliphatic carbocycles. The molecule has 0 heterocycles. The SMILES string of the molecule is O=[N+]([O-])c1cccc(Cl)c1OCC1CCCCC1. The number of benzene rings is 1. The zero-order valence-electron chi connectivity index (χ0n) is 10.1. The minimum absolute atomic E-state index is 0.0571. The molecule has 1 aromatic rings. The maximum atomic E-state index is 10.9. The van der Waals surface area contributed by atoms with Crippen molar-refractivity contribution in [3.05, 3.63) is 33.3 Å². The number of halogens is 1. The van der Waals surface area contributed by atoms with Crippen LogP contribution in [0.3, 0.4) is 0 Å². The fourth-order valence-corrected chi connectivity index (χ4v) is 2.56. The molecule has 1 aliphatic rings. The summed E-state index contributed by atoms with van der Waals surface area (Å²) in [6.45, 7) is 0.518. The molecule has 0 radical (unpaired) electrons. The van der Waals surface area contributed by atoms with Crippen molar-refractivity contribution < 1.29 is 9.66 Å². The quantitative estimate of drug-likeness (QED) is 0.608. The van der Waals surface area contributed by atoms with Crippen LogP contribution in [0.15, 0.2) is 18.2 Å². The number of hydrogen-bond acceptors (Lipinski definition) is 3. The highest BCUT2D eigenvalue weighted by Gasteiger charge is 2.20. The Morgan fingerprint density at radius 3 is 2.72 bits per heavy atom. The molecule has 18 heavy (non-hydrogen) atoms. The average molecular weight is 270 g/mol. The number of rotatable bonds is 4. The summed E-state index contributed by atoms with van der Waals surface area (Å²) in [4.78, 5) is 10.4. The Hall–Kier alpha value is -1.29. The third kappa shape index (κ3) is 3.13. The van der Waals surface area contributed by atoms with Crippen molar-refractivity contribution in [1.29, 1.82) is 0 Å². The van der Waals surface area contributed by atoms with Crippen molar-refractivity contribution in [3.8, 4) is 5.75 Å². The van der Waals surface area contributed by atoms with Crippen molar-refractivity contribution in [2.24, 2.45) is 5.92 Å². The summed E-state index contributed by atoms with van der Waals surface area (Å²) in [6, 6.07) is 4.60. The van der Waals surface area contributed by atoms with Crippen LogP contribution in [0.5, 0.6) is 5.75 Å². The van der Waals surface area contributed by atoms with Gasteiger partial charge in [-0.05, 0) is 24.8 Å². The van der Waals surface area contributed by atoms with Crippen LogP contribution in [-0.4, -0.2) is 11.5 Å². The van der Waals surface area contributed by atoms with Gasteiger partial charge in [0.15, 0.2) is 0 Å². The van der Waals surface area contributed by atoms with Crippen LogP contribution in [0.1, 0.15) is 32.1 Å². The Kier molecular flexibility index (Phi) is 4.42. The van der Waals surface area contributed by atoms with Crippen molar-refractivity contribution in [2.75, 3.05) is 6.61 Å². The molecule has 0 spiro atoms. The van der Waals surface area contributed by atoms with Gasteiger partial charge in [-0.1, -0.05) is 36.9 Å². The molecule has 0 aromatic heterocycles. The van der Waals surface area contributed by atoms with Crippen LogP contribution in [0.2, 0.25) is 5.02 Å². The number of nitrogens with zero attached hydrogens (tertiary/aromatic N) is 1. The molecule has 0 aliphatic heterocycles. The Balaban J connectivity index is 2.05. The van der Waals surface area contributed by atoms with Gasteiger partial charge in [-0.3, -0.25) is 10.1 Å². The zero-order chi connectivity index (χ0) is 13.0. The lowest BCUT2D eigenvalue weighted by Gasteiger charge is -2.21. The van der Waals surface area contributed by atoms with Gasteiger partial charge in [0.25, 0.3) is 0 Å². The molecule has 1 fully saturated rings. The van der Waals surface area contributed by atoms with E-state index in [0.717, 1.165) is 12.8 Å². The van der Waals surface area contributed by atoms with Crippen molar-refractivity contribution in [3.63, 3.8) is 0 Å². The number of hydrogen-bond donors (Lipinski definition) is 0. The molecule has 2 rings (SSSR count). The maximum absolute atomic E-state index is 10.9. The number of nitro groups is 1. The van der Waals surface area contributed by atoms with Crippen LogP contribution >= 0.6 is 11.6 Å². The normalized spacial score (nSPS) is 16.5. The number of ether oxygens (including phenoxy) is 1. The predicted molar refractivity (Wildman–Crippen MR) is 70.2 cm³/mol. The first-order valence-corrected chi connectivity index (χ1v) is 6.62. The highest BCUT2D eigenvalue weighted by Crippen LogP contribution is 2.35. The molecule has 0 saturated heterocycles. The lowest BCUT2D eigenvalue weighted by molar-refractivity contribution is -0.385. The predicted octanol–water partition coefficient (Wildman–Crippen LogP) is 4.21. The Bertz CT molecular complexity index is 430. The van der Waals surface area contributed by atoms with Gasteiger partial charge < -0.3 is 4.74 Å². The number of para-hydroxylation sites is 1. The summed E-state index contributed by atoms with van der Waals surface area (Å²) in [5, 5.41) is 11.2. The number of nitro benzene ring substituents is 1. The van der Waals surface area contributed by atoms with Crippen LogP contribution in [0.4, 0.5) is 5.69 Å². The Labute approximate surface area is 111 Å². The third-order valence-corrected chi connectivity index (χ3v) is 3.63. The minimum Gasteiger partial charge on any atom is -0.485 e. The van der Waals surface area contributed by atoms with Gasteiger partial charge >= 0.3 is 5.69 Å². The maximum Gasteiger partial charge on any atom is 0.312 e. The van der Waals surface area contributed by atoms with E-state index in [1.54, 1.807) is 12.1 Å². The molecule has 0 amide bonds. The largest absolute Gasteiger partial charge is 0.485 e. The van der Waals surface area contributed by atoms with Gasteiger partial charge in [0.05, 0.1) is 16.6 Å². The van der Waals surface area contributed by atoms with E-state index in [1.807, 2.05) is 0 Å². The van der Waals surface area contributed by atoms with E-state index in [9.17, 15) is 10.1 Å². The van der Waals surface area contributed by atoms with Crippen molar-refractivity contribution in [1.82, 2.24) is 0 Å². The van der Waals surface area contributed by atoms with Gasteiger partial charge in [-0.2, -0.15) is 0 Å². The van der Waals surface area contributed by atoms with Gasteiger partial charge in [0, 0.05) is 6.07 Å². The summed E-state index contributed by atoms with van der Waals surface area (Å²) in [6.07, 6.45) is 6.00. The molecule has 1 saturated carbocycles. The average Bonchev–Trinajstić information content (AvgIpc) is 2.38. The molecule has 0 N–H and O–H groups in total. The van der Waals surface area contributed by atoms with Crippen LogP contribution < -0.4 is 4.74 Å². The standard InChI is InChI=1S/C13H16ClNO3/c14-11-7-4-8-12(15(16)17)13(11)18-9-10-5-2-1-3-6-10/h4,7-8,10H,1-3,5-6,9H2.